The van der Waals surface area contributed by atoms with Crippen molar-refractivity contribution in [1.82, 2.24) is 19.1 Å². The van der Waals surface area contributed by atoms with Crippen LogP contribution in [0.1, 0.15) is 50.3 Å². The number of nitrogen functional groups attached to an aromatic ring is 1. The van der Waals surface area contributed by atoms with E-state index >= 15 is 0 Å². The second-order valence-corrected chi connectivity index (χ2v) is 9.46. The van der Waals surface area contributed by atoms with Gasteiger partial charge >= 0.3 is 0 Å². The highest BCUT2D eigenvalue weighted by molar-refractivity contribution is 7.89. The maximum Gasteiger partial charge on any atom is 0.240 e. The number of benzene rings is 1. The highest BCUT2D eigenvalue weighted by Gasteiger charge is 2.23. The molecule has 0 atom stereocenters. The molecule has 0 bridgehead atoms. The maximum absolute atomic E-state index is 13.0. The average Bonchev–Trinajstić information content (AvgIpc) is 3.13. The van der Waals surface area contributed by atoms with Gasteiger partial charge in [-0.3, -0.25) is 4.40 Å². The molecule has 0 aliphatic heterocycles. The molecule has 3 aromatic rings. The molecule has 0 saturated heterocycles. The van der Waals surface area contributed by atoms with Gasteiger partial charge in [0.25, 0.3) is 0 Å². The van der Waals surface area contributed by atoms with E-state index in [1.54, 1.807) is 18.3 Å². The number of nitrogens with zero attached hydrogens (tertiary/aromatic N) is 3. The van der Waals surface area contributed by atoms with E-state index in [0.717, 1.165) is 54.6 Å². The highest BCUT2D eigenvalue weighted by atomic mass is 32.2. The first-order valence-corrected chi connectivity index (χ1v) is 11.6. The van der Waals surface area contributed by atoms with Crippen LogP contribution in [0.25, 0.3) is 16.9 Å². The molecule has 0 amide bonds. The van der Waals surface area contributed by atoms with Crippen LogP contribution in [0.5, 0.6) is 0 Å². The molecule has 8 heteroatoms. The molecule has 154 valence electrons. The number of anilines is 1. The summed E-state index contributed by atoms with van der Waals surface area (Å²) in [4.78, 5) is 9.04. The van der Waals surface area contributed by atoms with Gasteiger partial charge in [-0.2, -0.15) is 0 Å². The first-order chi connectivity index (χ1) is 13.9. The van der Waals surface area contributed by atoms with Crippen molar-refractivity contribution < 1.29 is 8.42 Å². The zero-order valence-electron chi connectivity index (χ0n) is 16.9. The van der Waals surface area contributed by atoms with Crippen LogP contribution >= 0.6 is 0 Å². The fourth-order valence-corrected chi connectivity index (χ4v) is 5.32. The van der Waals surface area contributed by atoms with Crippen LogP contribution in [-0.4, -0.2) is 28.8 Å². The number of hydrogen-bond acceptors (Lipinski definition) is 5. The first-order valence-electron chi connectivity index (χ1n) is 10.1. The van der Waals surface area contributed by atoms with Crippen LogP contribution in [0.15, 0.2) is 35.5 Å². The van der Waals surface area contributed by atoms with Crippen LogP contribution in [0, 0.1) is 6.92 Å². The predicted molar refractivity (Wildman–Crippen MR) is 114 cm³/mol. The zero-order valence-corrected chi connectivity index (χ0v) is 17.7. The number of aromatic nitrogens is 3. The molecular weight excluding hydrogens is 386 g/mol. The maximum atomic E-state index is 13.0. The number of fused-ring (bicyclic) bond motifs is 1. The average molecular weight is 414 g/mol. The Morgan fingerprint density at radius 1 is 1.24 bits per heavy atom. The van der Waals surface area contributed by atoms with Crippen molar-refractivity contribution in [2.75, 3.05) is 5.73 Å². The van der Waals surface area contributed by atoms with Crippen LogP contribution in [-0.2, 0) is 16.4 Å². The Hall–Kier alpha value is -2.45. The Morgan fingerprint density at radius 3 is 2.72 bits per heavy atom. The van der Waals surface area contributed by atoms with Crippen LogP contribution in [0.3, 0.4) is 0 Å². The first kappa shape index (κ1) is 19.8. The van der Waals surface area contributed by atoms with Crippen molar-refractivity contribution in [3.05, 3.63) is 41.9 Å². The van der Waals surface area contributed by atoms with E-state index in [1.807, 2.05) is 30.5 Å². The number of hydrogen-bond donors (Lipinski definition) is 2. The number of rotatable bonds is 5. The Labute approximate surface area is 171 Å². The van der Waals surface area contributed by atoms with Gasteiger partial charge in [0.05, 0.1) is 22.5 Å². The summed E-state index contributed by atoms with van der Waals surface area (Å²) < 4.78 is 30.8. The normalized spacial score (nSPS) is 15.8. The Balaban J connectivity index is 1.76. The third-order valence-corrected chi connectivity index (χ3v) is 7.17. The minimum absolute atomic E-state index is 0.0206. The number of nitrogens with one attached hydrogen (secondary N) is 1. The molecule has 0 unspecified atom stereocenters. The van der Waals surface area contributed by atoms with E-state index in [4.69, 9.17) is 5.73 Å². The second-order valence-electron chi connectivity index (χ2n) is 7.74. The predicted octanol–water partition coefficient (Wildman–Crippen LogP) is 3.46. The van der Waals surface area contributed by atoms with E-state index in [9.17, 15) is 8.42 Å². The highest BCUT2D eigenvalue weighted by Crippen LogP contribution is 2.29. The smallest absolute Gasteiger partial charge is 0.240 e. The van der Waals surface area contributed by atoms with Crippen molar-refractivity contribution in [3.63, 3.8) is 0 Å². The van der Waals surface area contributed by atoms with E-state index in [1.165, 1.54) is 6.42 Å². The molecule has 29 heavy (non-hydrogen) atoms. The van der Waals surface area contributed by atoms with Gasteiger partial charge in [0.15, 0.2) is 11.5 Å². The summed E-state index contributed by atoms with van der Waals surface area (Å²) >= 11 is 0. The van der Waals surface area contributed by atoms with Crippen molar-refractivity contribution >= 4 is 21.5 Å². The zero-order chi connectivity index (χ0) is 20.6. The molecule has 1 fully saturated rings. The SMILES string of the molecule is CCc1cn2c(-c3cc(S(=O)(=O)NC4CCCCC4)ccc3C)cnc2c(N)n1. The largest absolute Gasteiger partial charge is 0.381 e. The number of imidazole rings is 1. The molecule has 1 aliphatic rings. The van der Waals surface area contributed by atoms with E-state index in [0.29, 0.717) is 11.5 Å². The monoisotopic (exact) mass is 413 g/mol. The lowest BCUT2D eigenvalue weighted by Gasteiger charge is -2.22. The van der Waals surface area contributed by atoms with Crippen LogP contribution in [0.2, 0.25) is 0 Å². The van der Waals surface area contributed by atoms with Crippen LogP contribution < -0.4 is 10.5 Å². The van der Waals surface area contributed by atoms with Crippen LogP contribution in [0.4, 0.5) is 5.82 Å². The fraction of sp³-hybridized carbons (Fsp3) is 0.429. The standard InChI is InChI=1S/C21H27N5O2S/c1-3-15-13-26-19(12-23-21(26)20(22)24-15)18-11-17(10-9-14(18)2)29(27,28)25-16-7-5-4-6-8-16/h9-13,16,25H,3-8H2,1-2H3,(H2,22,24). The number of nitrogens with two attached hydrogens (primary N) is 1. The lowest BCUT2D eigenvalue weighted by atomic mass is 9.96. The summed E-state index contributed by atoms with van der Waals surface area (Å²) in [5.41, 5.74) is 10.1. The molecule has 1 aliphatic carbocycles. The minimum Gasteiger partial charge on any atom is -0.381 e. The van der Waals surface area contributed by atoms with Gasteiger partial charge in [-0.15, -0.1) is 0 Å². The van der Waals surface area contributed by atoms with Crippen molar-refractivity contribution in [2.24, 2.45) is 0 Å². The minimum atomic E-state index is -3.58. The number of aryl methyl sites for hydroxylation is 2. The summed E-state index contributed by atoms with van der Waals surface area (Å²) in [6.07, 6.45) is 9.51. The lowest BCUT2D eigenvalue weighted by Crippen LogP contribution is -2.36. The quantitative estimate of drug-likeness (QED) is 0.667. The molecular formula is C21H27N5O2S. The van der Waals surface area contributed by atoms with E-state index in [2.05, 4.69) is 14.7 Å². The van der Waals surface area contributed by atoms with E-state index in [-0.39, 0.29) is 10.9 Å². The molecule has 4 rings (SSSR count). The van der Waals surface area contributed by atoms with E-state index < -0.39 is 10.0 Å². The summed E-state index contributed by atoms with van der Waals surface area (Å²) in [7, 11) is -3.58. The molecule has 2 aromatic heterocycles. The Morgan fingerprint density at radius 2 is 2.00 bits per heavy atom. The van der Waals surface area contributed by atoms with Crippen molar-refractivity contribution in [1.29, 1.82) is 0 Å². The molecule has 1 aromatic carbocycles. The van der Waals surface area contributed by atoms with Crippen molar-refractivity contribution in [3.8, 4) is 11.3 Å². The van der Waals surface area contributed by atoms with Gasteiger partial charge in [0.1, 0.15) is 0 Å². The van der Waals surface area contributed by atoms with Gasteiger partial charge in [-0.1, -0.05) is 32.3 Å². The summed E-state index contributed by atoms with van der Waals surface area (Å²) in [6, 6.07) is 5.26. The van der Waals surface area contributed by atoms with Gasteiger partial charge in [-0.25, -0.2) is 23.1 Å². The molecule has 1 saturated carbocycles. The molecule has 0 spiro atoms. The molecule has 0 radical (unpaired) electrons. The van der Waals surface area contributed by atoms with Gasteiger partial charge < -0.3 is 5.73 Å². The molecule has 3 N–H and O–H groups in total. The van der Waals surface area contributed by atoms with Gasteiger partial charge in [0, 0.05) is 17.8 Å². The summed E-state index contributed by atoms with van der Waals surface area (Å²) in [6.45, 7) is 3.98. The third-order valence-electron chi connectivity index (χ3n) is 5.65. The van der Waals surface area contributed by atoms with Gasteiger partial charge in [0.2, 0.25) is 10.0 Å². The van der Waals surface area contributed by atoms with Gasteiger partial charge in [-0.05, 0) is 43.9 Å². The summed E-state index contributed by atoms with van der Waals surface area (Å²) in [5.74, 6) is 0.371. The van der Waals surface area contributed by atoms with Crippen molar-refractivity contribution in [2.45, 2.75) is 63.3 Å². The lowest BCUT2D eigenvalue weighted by molar-refractivity contribution is 0.412. The molecule has 7 nitrogen and oxygen atoms in total. The molecule has 2 heterocycles. The second kappa shape index (κ2) is 7.76. The fourth-order valence-electron chi connectivity index (χ4n) is 3.99. The third kappa shape index (κ3) is 3.86. The summed E-state index contributed by atoms with van der Waals surface area (Å²) in [5, 5.41) is 0. The topological polar surface area (TPSA) is 102 Å². The Kier molecular flexibility index (Phi) is 5.31. The Bertz CT molecular complexity index is 1150. The number of sulfonamides is 1.